The van der Waals surface area contributed by atoms with E-state index in [-0.39, 0.29) is 5.56 Å². The molecule has 1 heterocycles. The van der Waals surface area contributed by atoms with Crippen molar-refractivity contribution in [3.05, 3.63) is 53.7 Å². The Balaban J connectivity index is 2.09. The summed E-state index contributed by atoms with van der Waals surface area (Å²) in [5, 5.41) is 8.69. The minimum Gasteiger partial charge on any atom is -0.478 e. The lowest BCUT2D eigenvalue weighted by Gasteiger charge is -2.02. The maximum atomic E-state index is 13.5. The third kappa shape index (κ3) is 2.88. The zero-order chi connectivity index (χ0) is 12.3. The number of carboxylic acid groups (broad SMARTS) is 1. The summed E-state index contributed by atoms with van der Waals surface area (Å²) in [5.41, 5.74) is -0.0511. The number of hydrogen-bond acceptors (Lipinski definition) is 3. The van der Waals surface area contributed by atoms with Crippen LogP contribution in [0.1, 0.15) is 16.1 Å². The topological polar surface area (TPSA) is 50.4 Å². The number of furan rings is 1. The Morgan fingerprint density at radius 2 is 2.24 bits per heavy atom. The maximum absolute atomic E-state index is 13.5. The van der Waals surface area contributed by atoms with Crippen LogP contribution in [0, 0.1) is 5.82 Å². The normalized spacial score (nSPS) is 10.4. The Kier molecular flexibility index (Phi) is 3.49. The Morgan fingerprint density at radius 1 is 1.41 bits per heavy atom. The molecule has 0 aliphatic heterocycles. The van der Waals surface area contributed by atoms with E-state index in [1.807, 2.05) is 0 Å². The van der Waals surface area contributed by atoms with Crippen molar-refractivity contribution in [1.82, 2.24) is 0 Å². The highest BCUT2D eigenvalue weighted by Crippen LogP contribution is 2.26. The van der Waals surface area contributed by atoms with Crippen LogP contribution < -0.4 is 0 Å². The Bertz CT molecular complexity index is 523. The molecule has 0 saturated carbocycles. The zero-order valence-electron chi connectivity index (χ0n) is 8.72. The number of thioether (sulfide) groups is 1. The van der Waals surface area contributed by atoms with Crippen LogP contribution in [0.4, 0.5) is 4.39 Å². The smallest absolute Gasteiger partial charge is 0.335 e. The van der Waals surface area contributed by atoms with Gasteiger partial charge in [0.15, 0.2) is 0 Å². The standard InChI is InChI=1S/C12H9FO3S/c13-10-6-8(12(14)15)3-4-11(10)17-7-9-2-1-5-16-9/h1-6H,7H2,(H,14,15). The molecule has 88 valence electrons. The van der Waals surface area contributed by atoms with Crippen molar-refractivity contribution in [2.75, 3.05) is 0 Å². The fraction of sp³-hybridized carbons (Fsp3) is 0.0833. The Morgan fingerprint density at radius 3 is 2.82 bits per heavy atom. The van der Waals surface area contributed by atoms with Crippen LogP contribution in [0.2, 0.25) is 0 Å². The highest BCUT2D eigenvalue weighted by Gasteiger charge is 2.09. The van der Waals surface area contributed by atoms with Crippen molar-refractivity contribution < 1.29 is 18.7 Å². The third-order valence-corrected chi connectivity index (χ3v) is 3.20. The van der Waals surface area contributed by atoms with E-state index in [0.29, 0.717) is 10.6 Å². The number of aromatic carboxylic acids is 1. The number of rotatable bonds is 4. The molecule has 0 fully saturated rings. The van der Waals surface area contributed by atoms with Crippen molar-refractivity contribution in [3.8, 4) is 0 Å². The van der Waals surface area contributed by atoms with E-state index in [2.05, 4.69) is 0 Å². The highest BCUT2D eigenvalue weighted by atomic mass is 32.2. The van der Waals surface area contributed by atoms with E-state index in [4.69, 9.17) is 9.52 Å². The average Bonchev–Trinajstić information content (AvgIpc) is 2.80. The molecular weight excluding hydrogens is 243 g/mol. The first kappa shape index (κ1) is 11.7. The van der Waals surface area contributed by atoms with Gasteiger partial charge in [0.1, 0.15) is 11.6 Å². The van der Waals surface area contributed by atoms with E-state index >= 15 is 0 Å². The zero-order valence-corrected chi connectivity index (χ0v) is 9.54. The van der Waals surface area contributed by atoms with Crippen molar-refractivity contribution >= 4 is 17.7 Å². The van der Waals surface area contributed by atoms with Crippen LogP contribution >= 0.6 is 11.8 Å². The van der Waals surface area contributed by atoms with E-state index < -0.39 is 11.8 Å². The van der Waals surface area contributed by atoms with Gasteiger partial charge in [-0.2, -0.15) is 0 Å². The second-order valence-electron chi connectivity index (χ2n) is 3.32. The van der Waals surface area contributed by atoms with Crippen LogP contribution in [0.25, 0.3) is 0 Å². The molecule has 1 aromatic heterocycles. The molecule has 5 heteroatoms. The lowest BCUT2D eigenvalue weighted by atomic mass is 10.2. The van der Waals surface area contributed by atoms with E-state index in [1.165, 1.54) is 23.9 Å². The number of carbonyl (C=O) groups is 1. The fourth-order valence-corrected chi connectivity index (χ4v) is 2.12. The van der Waals surface area contributed by atoms with E-state index in [9.17, 15) is 9.18 Å². The van der Waals surface area contributed by atoms with Crippen LogP contribution in [0.15, 0.2) is 45.9 Å². The van der Waals surface area contributed by atoms with Crippen molar-refractivity contribution in [2.45, 2.75) is 10.6 Å². The van der Waals surface area contributed by atoms with Gasteiger partial charge in [0.05, 0.1) is 17.6 Å². The molecule has 0 unspecified atom stereocenters. The van der Waals surface area contributed by atoms with Crippen LogP contribution in [-0.4, -0.2) is 11.1 Å². The van der Waals surface area contributed by atoms with Gasteiger partial charge in [0.2, 0.25) is 0 Å². The van der Waals surface area contributed by atoms with Gasteiger partial charge in [-0.25, -0.2) is 9.18 Å². The predicted molar refractivity (Wildman–Crippen MR) is 61.6 cm³/mol. The van der Waals surface area contributed by atoms with Crippen molar-refractivity contribution in [2.24, 2.45) is 0 Å². The summed E-state index contributed by atoms with van der Waals surface area (Å²) in [6.45, 7) is 0. The molecule has 0 aliphatic carbocycles. The third-order valence-electron chi connectivity index (χ3n) is 2.13. The van der Waals surface area contributed by atoms with Crippen molar-refractivity contribution in [1.29, 1.82) is 0 Å². The monoisotopic (exact) mass is 252 g/mol. The lowest BCUT2D eigenvalue weighted by Crippen LogP contribution is -1.97. The quantitative estimate of drug-likeness (QED) is 0.847. The molecule has 0 radical (unpaired) electrons. The number of benzene rings is 1. The molecule has 1 aromatic carbocycles. The molecule has 2 rings (SSSR count). The SMILES string of the molecule is O=C(O)c1ccc(SCc2ccco2)c(F)c1. The molecule has 0 saturated heterocycles. The predicted octanol–water partition coefficient (Wildman–Crippen LogP) is 3.41. The Labute approximate surface area is 101 Å². The van der Waals surface area contributed by atoms with Gasteiger partial charge in [-0.05, 0) is 30.3 Å². The molecule has 0 aliphatic rings. The highest BCUT2D eigenvalue weighted by molar-refractivity contribution is 7.98. The maximum Gasteiger partial charge on any atom is 0.335 e. The van der Waals surface area contributed by atoms with Gasteiger partial charge in [-0.1, -0.05) is 0 Å². The van der Waals surface area contributed by atoms with Gasteiger partial charge in [0, 0.05) is 4.90 Å². The molecule has 0 spiro atoms. The molecular formula is C12H9FO3S. The first-order valence-electron chi connectivity index (χ1n) is 4.85. The number of carboxylic acids is 1. The molecule has 0 atom stereocenters. The minimum absolute atomic E-state index is 0.0511. The van der Waals surface area contributed by atoms with Gasteiger partial charge < -0.3 is 9.52 Å². The van der Waals surface area contributed by atoms with E-state index in [1.54, 1.807) is 18.4 Å². The van der Waals surface area contributed by atoms with Crippen molar-refractivity contribution in [3.63, 3.8) is 0 Å². The molecule has 2 aromatic rings. The summed E-state index contributed by atoms with van der Waals surface area (Å²) in [5.74, 6) is -0.402. The molecule has 0 amide bonds. The van der Waals surface area contributed by atoms with E-state index in [0.717, 1.165) is 11.8 Å². The lowest BCUT2D eigenvalue weighted by molar-refractivity contribution is 0.0696. The summed E-state index contributed by atoms with van der Waals surface area (Å²) in [7, 11) is 0. The molecule has 1 N–H and O–H groups in total. The average molecular weight is 252 g/mol. The molecule has 0 bridgehead atoms. The summed E-state index contributed by atoms with van der Waals surface area (Å²) < 4.78 is 18.6. The second kappa shape index (κ2) is 5.05. The molecule has 17 heavy (non-hydrogen) atoms. The summed E-state index contributed by atoms with van der Waals surface area (Å²) in [6.07, 6.45) is 1.56. The summed E-state index contributed by atoms with van der Waals surface area (Å²) >= 11 is 1.26. The summed E-state index contributed by atoms with van der Waals surface area (Å²) in [6, 6.07) is 7.44. The summed E-state index contributed by atoms with van der Waals surface area (Å²) in [4.78, 5) is 11.0. The number of hydrogen-bond donors (Lipinski definition) is 1. The van der Waals surface area contributed by atoms with Gasteiger partial charge in [0.25, 0.3) is 0 Å². The first-order valence-corrected chi connectivity index (χ1v) is 5.83. The van der Waals surface area contributed by atoms with Gasteiger partial charge in [-0.15, -0.1) is 11.8 Å². The largest absolute Gasteiger partial charge is 0.478 e. The van der Waals surface area contributed by atoms with Crippen LogP contribution in [0.3, 0.4) is 0 Å². The fourth-order valence-electron chi connectivity index (χ4n) is 1.29. The van der Waals surface area contributed by atoms with Crippen LogP contribution in [-0.2, 0) is 5.75 Å². The minimum atomic E-state index is -1.13. The first-order chi connectivity index (χ1) is 8.16. The van der Waals surface area contributed by atoms with Gasteiger partial charge in [-0.3, -0.25) is 0 Å². The van der Waals surface area contributed by atoms with Gasteiger partial charge >= 0.3 is 5.97 Å². The number of halogens is 1. The molecule has 3 nitrogen and oxygen atoms in total. The second-order valence-corrected chi connectivity index (χ2v) is 4.34. The van der Waals surface area contributed by atoms with Crippen LogP contribution in [0.5, 0.6) is 0 Å². The Hall–Kier alpha value is -1.75.